The molecule has 1 aromatic carbocycles. The van der Waals surface area contributed by atoms with Crippen molar-refractivity contribution in [3.8, 4) is 0 Å². The quantitative estimate of drug-likeness (QED) is 0.826. The molecule has 0 bridgehead atoms. The van der Waals surface area contributed by atoms with Crippen LogP contribution in [0.25, 0.3) is 0 Å². The van der Waals surface area contributed by atoms with E-state index in [1.54, 1.807) is 0 Å². The molecular formula is C11H13BrFNO3S. The normalized spacial score (nSPS) is 13.3. The van der Waals surface area contributed by atoms with Crippen LogP contribution < -0.4 is 5.73 Å². The lowest BCUT2D eigenvalue weighted by atomic mass is 10.0. The minimum atomic E-state index is -3.19. The molecule has 18 heavy (non-hydrogen) atoms. The molecule has 0 heterocycles. The van der Waals surface area contributed by atoms with Crippen molar-refractivity contribution in [3.63, 3.8) is 0 Å². The van der Waals surface area contributed by atoms with Gasteiger partial charge in [-0.15, -0.1) is 0 Å². The van der Waals surface area contributed by atoms with Crippen LogP contribution in [-0.2, 0) is 9.84 Å². The van der Waals surface area contributed by atoms with E-state index in [2.05, 4.69) is 15.9 Å². The van der Waals surface area contributed by atoms with Gasteiger partial charge in [-0.2, -0.15) is 0 Å². The van der Waals surface area contributed by atoms with Gasteiger partial charge in [0.25, 0.3) is 0 Å². The van der Waals surface area contributed by atoms with Gasteiger partial charge < -0.3 is 5.73 Å². The fourth-order valence-electron chi connectivity index (χ4n) is 1.36. The number of rotatable bonds is 5. The predicted octanol–water partition coefficient (Wildman–Crippen LogP) is 1.53. The predicted molar refractivity (Wildman–Crippen MR) is 70.7 cm³/mol. The Balaban J connectivity index is 2.83. The average molecular weight is 338 g/mol. The van der Waals surface area contributed by atoms with E-state index in [1.807, 2.05) is 0 Å². The van der Waals surface area contributed by atoms with Gasteiger partial charge in [0.15, 0.2) is 5.78 Å². The number of nitrogens with two attached hydrogens (primary N) is 1. The molecule has 0 aliphatic heterocycles. The fourth-order valence-corrected chi connectivity index (χ4v) is 2.40. The van der Waals surface area contributed by atoms with Crippen LogP contribution in [0.4, 0.5) is 4.39 Å². The number of sulfone groups is 1. The minimum Gasteiger partial charge on any atom is -0.321 e. The summed E-state index contributed by atoms with van der Waals surface area (Å²) in [6, 6.07) is 2.93. The number of carbonyl (C=O) groups excluding carboxylic acids is 1. The van der Waals surface area contributed by atoms with E-state index >= 15 is 0 Å². The van der Waals surface area contributed by atoms with E-state index < -0.39 is 27.5 Å². The van der Waals surface area contributed by atoms with Gasteiger partial charge in [-0.05, 0) is 24.6 Å². The lowest BCUT2D eigenvalue weighted by Gasteiger charge is -2.10. The molecule has 0 aromatic heterocycles. The van der Waals surface area contributed by atoms with Gasteiger partial charge >= 0.3 is 0 Å². The molecule has 4 nitrogen and oxygen atoms in total. The lowest BCUT2D eigenvalue weighted by molar-refractivity contribution is 0.0955. The van der Waals surface area contributed by atoms with E-state index in [9.17, 15) is 17.6 Å². The third kappa shape index (κ3) is 4.47. The Bertz CT molecular complexity index is 559. The Morgan fingerprint density at radius 3 is 2.67 bits per heavy atom. The number of benzene rings is 1. The van der Waals surface area contributed by atoms with Gasteiger partial charge in [0, 0.05) is 10.7 Å². The zero-order valence-electron chi connectivity index (χ0n) is 9.69. The molecule has 1 atom stereocenters. The minimum absolute atomic E-state index is 0.0242. The monoisotopic (exact) mass is 337 g/mol. The summed E-state index contributed by atoms with van der Waals surface area (Å²) < 4.78 is 35.9. The molecule has 0 amide bonds. The molecule has 0 radical (unpaired) electrons. The molecule has 0 fully saturated rings. The summed E-state index contributed by atoms with van der Waals surface area (Å²) in [7, 11) is -3.19. The van der Waals surface area contributed by atoms with Crippen molar-refractivity contribution in [2.45, 2.75) is 12.5 Å². The Labute approximate surface area is 113 Å². The second-order valence-electron chi connectivity index (χ2n) is 4.01. The van der Waals surface area contributed by atoms with Crippen LogP contribution in [0.15, 0.2) is 22.7 Å². The summed E-state index contributed by atoms with van der Waals surface area (Å²) in [6.07, 6.45) is 1.04. The van der Waals surface area contributed by atoms with Crippen molar-refractivity contribution in [1.29, 1.82) is 0 Å². The lowest BCUT2D eigenvalue weighted by Crippen LogP contribution is -2.33. The van der Waals surface area contributed by atoms with Gasteiger partial charge in [-0.25, -0.2) is 12.8 Å². The third-order valence-corrected chi connectivity index (χ3v) is 3.80. The maximum atomic E-state index is 13.4. The molecule has 1 unspecified atom stereocenters. The Morgan fingerprint density at radius 1 is 1.50 bits per heavy atom. The van der Waals surface area contributed by atoms with Gasteiger partial charge in [0.1, 0.15) is 15.7 Å². The summed E-state index contributed by atoms with van der Waals surface area (Å²) in [6.45, 7) is 0. The van der Waals surface area contributed by atoms with E-state index in [0.717, 1.165) is 12.3 Å². The van der Waals surface area contributed by atoms with Crippen LogP contribution in [0.2, 0.25) is 0 Å². The topological polar surface area (TPSA) is 77.2 Å². The first-order valence-electron chi connectivity index (χ1n) is 5.13. The zero-order valence-corrected chi connectivity index (χ0v) is 12.1. The van der Waals surface area contributed by atoms with Crippen molar-refractivity contribution >= 4 is 31.6 Å². The second-order valence-corrected chi connectivity index (χ2v) is 7.19. The van der Waals surface area contributed by atoms with E-state index in [1.165, 1.54) is 12.1 Å². The highest BCUT2D eigenvalue weighted by atomic mass is 79.9. The number of ketones is 1. The van der Waals surface area contributed by atoms with Crippen molar-refractivity contribution in [2.24, 2.45) is 5.73 Å². The van der Waals surface area contributed by atoms with Crippen molar-refractivity contribution in [2.75, 3.05) is 12.0 Å². The van der Waals surface area contributed by atoms with Crippen LogP contribution >= 0.6 is 15.9 Å². The van der Waals surface area contributed by atoms with Crippen LogP contribution in [0.5, 0.6) is 0 Å². The van der Waals surface area contributed by atoms with Gasteiger partial charge in [-0.1, -0.05) is 15.9 Å². The molecule has 1 aromatic rings. The van der Waals surface area contributed by atoms with Crippen molar-refractivity contribution in [3.05, 3.63) is 34.1 Å². The van der Waals surface area contributed by atoms with Crippen LogP contribution in [0, 0.1) is 5.82 Å². The summed E-state index contributed by atoms with van der Waals surface area (Å²) in [5, 5.41) is 0. The molecule has 100 valence electrons. The maximum Gasteiger partial charge on any atom is 0.182 e. The number of Topliss-reactive ketones (excluding diaryl/α,β-unsaturated/α-hetero) is 1. The van der Waals surface area contributed by atoms with Crippen molar-refractivity contribution in [1.82, 2.24) is 0 Å². The molecule has 2 N–H and O–H groups in total. The van der Waals surface area contributed by atoms with Crippen LogP contribution in [0.3, 0.4) is 0 Å². The number of hydrogen-bond acceptors (Lipinski definition) is 4. The highest BCUT2D eigenvalue weighted by Gasteiger charge is 2.20. The first kappa shape index (κ1) is 15.3. The van der Waals surface area contributed by atoms with Gasteiger partial charge in [-0.3, -0.25) is 4.79 Å². The summed E-state index contributed by atoms with van der Waals surface area (Å²) in [5.74, 6) is -1.47. The Hall–Kier alpha value is -0.790. The third-order valence-electron chi connectivity index (χ3n) is 2.33. The SMILES string of the molecule is CS(=O)(=O)CCC(N)C(=O)c1cc(Br)ccc1F. The fraction of sp³-hybridized carbons (Fsp3) is 0.364. The Kier molecular flexibility index (Phi) is 5.01. The number of halogens is 2. The summed E-state index contributed by atoms with van der Waals surface area (Å²) >= 11 is 3.13. The number of hydrogen-bond donors (Lipinski definition) is 1. The Morgan fingerprint density at radius 2 is 2.11 bits per heavy atom. The number of carbonyl (C=O) groups is 1. The van der Waals surface area contributed by atoms with Crippen LogP contribution in [0.1, 0.15) is 16.8 Å². The molecule has 7 heteroatoms. The smallest absolute Gasteiger partial charge is 0.182 e. The first-order valence-corrected chi connectivity index (χ1v) is 7.98. The zero-order chi connectivity index (χ0) is 13.9. The van der Waals surface area contributed by atoms with Crippen LogP contribution in [-0.4, -0.2) is 32.3 Å². The summed E-state index contributed by atoms with van der Waals surface area (Å²) in [4.78, 5) is 11.9. The average Bonchev–Trinajstić information content (AvgIpc) is 2.27. The molecule has 0 saturated carbocycles. The van der Waals surface area contributed by atoms with Crippen molar-refractivity contribution < 1.29 is 17.6 Å². The molecule has 0 aliphatic carbocycles. The van der Waals surface area contributed by atoms with Gasteiger partial charge in [0.05, 0.1) is 17.4 Å². The van der Waals surface area contributed by atoms with E-state index in [-0.39, 0.29) is 17.7 Å². The molecule has 0 saturated heterocycles. The van der Waals surface area contributed by atoms with E-state index in [0.29, 0.717) is 4.47 Å². The highest BCUT2D eigenvalue weighted by Crippen LogP contribution is 2.17. The largest absolute Gasteiger partial charge is 0.321 e. The second kappa shape index (κ2) is 5.90. The van der Waals surface area contributed by atoms with Gasteiger partial charge in [0.2, 0.25) is 0 Å². The standard InChI is InChI=1S/C11H13BrFNO3S/c1-18(16,17)5-4-10(14)11(15)8-6-7(12)2-3-9(8)13/h2-3,6,10H,4-5,14H2,1H3. The first-order chi connectivity index (χ1) is 8.20. The highest BCUT2D eigenvalue weighted by molar-refractivity contribution is 9.10. The van der Waals surface area contributed by atoms with E-state index in [4.69, 9.17) is 5.73 Å². The molecule has 0 aliphatic rings. The maximum absolute atomic E-state index is 13.4. The summed E-state index contributed by atoms with van der Waals surface area (Å²) in [5.41, 5.74) is 5.45. The molecule has 0 spiro atoms. The molecular weight excluding hydrogens is 325 g/mol. The molecule has 1 rings (SSSR count).